The number of halogens is 1. The summed E-state index contributed by atoms with van der Waals surface area (Å²) in [5.74, 6) is -0.661. The largest absolute Gasteiger partial charge is 0.460 e. The van der Waals surface area contributed by atoms with Crippen molar-refractivity contribution in [3.05, 3.63) is 59.4 Å². The molecule has 0 saturated heterocycles. The first-order chi connectivity index (χ1) is 16.5. The van der Waals surface area contributed by atoms with Crippen LogP contribution in [-0.4, -0.2) is 33.1 Å². The highest BCUT2D eigenvalue weighted by atomic mass is 32.2. The number of sulfonamides is 1. The van der Waals surface area contributed by atoms with E-state index in [9.17, 15) is 22.4 Å². The number of esters is 2. The molecule has 1 saturated carbocycles. The first-order valence-corrected chi connectivity index (χ1v) is 13.2. The van der Waals surface area contributed by atoms with Gasteiger partial charge < -0.3 is 9.47 Å². The molecule has 2 aromatic rings. The van der Waals surface area contributed by atoms with Crippen molar-refractivity contribution in [3.63, 3.8) is 0 Å². The summed E-state index contributed by atoms with van der Waals surface area (Å²) in [6, 6.07) is 8.99. The van der Waals surface area contributed by atoms with Crippen LogP contribution in [-0.2, 0) is 24.3 Å². The van der Waals surface area contributed by atoms with Gasteiger partial charge in [0.2, 0.25) is 0 Å². The second-order valence-electron chi connectivity index (χ2n) is 9.52. The van der Waals surface area contributed by atoms with Crippen LogP contribution in [0.15, 0.2) is 47.4 Å². The summed E-state index contributed by atoms with van der Waals surface area (Å²) in [5.41, 5.74) is 0.646. The maximum absolute atomic E-state index is 13.3. The molecule has 1 aliphatic rings. The smallest absolute Gasteiger partial charge is 0.344 e. The SMILES string of the molecule is Cc1cc(F)ccc1S(=O)(=O)Nc1ccc(C(=O)OCC(=O)OC2CC(C)CCC2C(C)C)cc1. The molecule has 0 bridgehead atoms. The monoisotopic (exact) mass is 505 g/mol. The predicted molar refractivity (Wildman–Crippen MR) is 130 cm³/mol. The Labute approximate surface area is 206 Å². The Hall–Kier alpha value is -2.94. The highest BCUT2D eigenvalue weighted by molar-refractivity contribution is 7.92. The van der Waals surface area contributed by atoms with Crippen LogP contribution in [0, 0.1) is 30.5 Å². The number of benzene rings is 2. The first kappa shape index (κ1) is 26.7. The lowest BCUT2D eigenvalue weighted by Gasteiger charge is -2.36. The Kier molecular flexibility index (Phi) is 8.53. The molecule has 7 nitrogen and oxygen atoms in total. The number of aryl methyl sites for hydroxylation is 1. The summed E-state index contributed by atoms with van der Waals surface area (Å²) in [6.45, 7) is 7.38. The molecular formula is C26H32FNO6S. The number of hydrogen-bond acceptors (Lipinski definition) is 6. The maximum Gasteiger partial charge on any atom is 0.344 e. The van der Waals surface area contributed by atoms with Crippen LogP contribution >= 0.6 is 0 Å². The van der Waals surface area contributed by atoms with Crippen LogP contribution in [0.4, 0.5) is 10.1 Å². The zero-order valence-corrected chi connectivity index (χ0v) is 21.2. The van der Waals surface area contributed by atoms with Crippen molar-refractivity contribution < 1.29 is 31.9 Å². The molecule has 3 atom stereocenters. The van der Waals surface area contributed by atoms with Crippen molar-refractivity contribution in [2.75, 3.05) is 11.3 Å². The molecule has 0 aromatic heterocycles. The number of carbonyl (C=O) groups is 2. The number of nitrogens with one attached hydrogen (secondary N) is 1. The van der Waals surface area contributed by atoms with Gasteiger partial charge in [0, 0.05) is 5.69 Å². The highest BCUT2D eigenvalue weighted by Crippen LogP contribution is 2.35. The second kappa shape index (κ2) is 11.2. The van der Waals surface area contributed by atoms with Gasteiger partial charge in [0.25, 0.3) is 10.0 Å². The van der Waals surface area contributed by atoms with E-state index >= 15 is 0 Å². The summed E-state index contributed by atoms with van der Waals surface area (Å²) in [5, 5.41) is 0. The van der Waals surface area contributed by atoms with E-state index < -0.39 is 34.4 Å². The van der Waals surface area contributed by atoms with E-state index in [1.807, 2.05) is 0 Å². The standard InChI is InChI=1S/C26H32FNO6S/c1-16(2)22-11-5-17(3)13-23(22)34-25(29)15-33-26(30)19-6-9-21(10-7-19)28-35(31,32)24-12-8-20(27)14-18(24)4/h6-10,12,14,16-17,22-23,28H,5,11,13,15H2,1-4H3. The number of rotatable bonds is 8. The quantitative estimate of drug-likeness (QED) is 0.502. The third kappa shape index (κ3) is 7.04. The fourth-order valence-corrected chi connectivity index (χ4v) is 5.75. The summed E-state index contributed by atoms with van der Waals surface area (Å²) < 4.78 is 51.6. The predicted octanol–water partition coefficient (Wildman–Crippen LogP) is 5.10. The lowest BCUT2D eigenvalue weighted by Crippen LogP contribution is -2.36. The molecule has 2 aromatic carbocycles. The fourth-order valence-electron chi connectivity index (χ4n) is 4.46. The van der Waals surface area contributed by atoms with Gasteiger partial charge in [-0.1, -0.05) is 27.2 Å². The van der Waals surface area contributed by atoms with Gasteiger partial charge >= 0.3 is 11.9 Å². The Morgan fingerprint density at radius 3 is 2.43 bits per heavy atom. The van der Waals surface area contributed by atoms with Gasteiger partial charge in [0.15, 0.2) is 6.61 Å². The van der Waals surface area contributed by atoms with Crippen molar-refractivity contribution in [1.82, 2.24) is 0 Å². The van der Waals surface area contributed by atoms with Gasteiger partial charge in [0.05, 0.1) is 10.5 Å². The topological polar surface area (TPSA) is 98.8 Å². The van der Waals surface area contributed by atoms with E-state index in [0.717, 1.165) is 31.4 Å². The number of hydrogen-bond donors (Lipinski definition) is 1. The molecule has 0 heterocycles. The van der Waals surface area contributed by atoms with Gasteiger partial charge in [0.1, 0.15) is 11.9 Å². The Bertz CT molecular complexity index is 1160. The van der Waals surface area contributed by atoms with Crippen LogP contribution in [0.1, 0.15) is 56.0 Å². The molecular weight excluding hydrogens is 473 g/mol. The molecule has 1 aliphatic carbocycles. The second-order valence-corrected chi connectivity index (χ2v) is 11.2. The first-order valence-electron chi connectivity index (χ1n) is 11.7. The van der Waals surface area contributed by atoms with E-state index in [2.05, 4.69) is 25.5 Å². The molecule has 3 rings (SSSR count). The zero-order chi connectivity index (χ0) is 25.8. The summed E-state index contributed by atoms with van der Waals surface area (Å²) in [6.07, 6.45) is 2.74. The normalized spacial score (nSPS) is 20.3. The third-order valence-electron chi connectivity index (χ3n) is 6.36. The Morgan fingerprint density at radius 1 is 1.11 bits per heavy atom. The van der Waals surface area contributed by atoms with Crippen LogP contribution < -0.4 is 4.72 Å². The van der Waals surface area contributed by atoms with E-state index in [1.165, 1.54) is 37.3 Å². The average Bonchev–Trinajstić information content (AvgIpc) is 2.77. The summed E-state index contributed by atoms with van der Waals surface area (Å²) >= 11 is 0. The van der Waals surface area contributed by atoms with Gasteiger partial charge in [-0.15, -0.1) is 0 Å². The molecule has 190 valence electrons. The molecule has 35 heavy (non-hydrogen) atoms. The van der Waals surface area contributed by atoms with Crippen LogP contribution in [0.2, 0.25) is 0 Å². The molecule has 3 unspecified atom stereocenters. The van der Waals surface area contributed by atoms with E-state index in [4.69, 9.17) is 9.47 Å². The fraction of sp³-hybridized carbons (Fsp3) is 0.462. The van der Waals surface area contributed by atoms with Crippen molar-refractivity contribution in [2.45, 2.75) is 58.0 Å². The molecule has 0 amide bonds. The van der Waals surface area contributed by atoms with E-state index in [1.54, 1.807) is 0 Å². The van der Waals surface area contributed by atoms with Crippen LogP contribution in [0.3, 0.4) is 0 Å². The highest BCUT2D eigenvalue weighted by Gasteiger charge is 2.33. The third-order valence-corrected chi connectivity index (χ3v) is 7.91. The maximum atomic E-state index is 13.3. The minimum absolute atomic E-state index is 0.0482. The minimum atomic E-state index is -3.94. The molecule has 0 radical (unpaired) electrons. The Morgan fingerprint density at radius 2 is 1.80 bits per heavy atom. The van der Waals surface area contributed by atoms with Gasteiger partial charge in [-0.05, 0) is 85.5 Å². The van der Waals surface area contributed by atoms with Crippen molar-refractivity contribution in [2.24, 2.45) is 17.8 Å². The van der Waals surface area contributed by atoms with Crippen molar-refractivity contribution in [1.29, 1.82) is 0 Å². The zero-order valence-electron chi connectivity index (χ0n) is 20.4. The number of anilines is 1. The summed E-state index contributed by atoms with van der Waals surface area (Å²) in [4.78, 5) is 24.6. The lowest BCUT2D eigenvalue weighted by atomic mass is 9.75. The molecule has 0 aliphatic heterocycles. The molecule has 9 heteroatoms. The molecule has 1 N–H and O–H groups in total. The van der Waals surface area contributed by atoms with Crippen molar-refractivity contribution in [3.8, 4) is 0 Å². The van der Waals surface area contributed by atoms with Crippen LogP contribution in [0.5, 0.6) is 0 Å². The number of ether oxygens (including phenoxy) is 2. The van der Waals surface area contributed by atoms with Crippen molar-refractivity contribution >= 4 is 27.6 Å². The minimum Gasteiger partial charge on any atom is -0.460 e. The Balaban J connectivity index is 1.55. The lowest BCUT2D eigenvalue weighted by molar-refractivity contribution is -0.159. The van der Waals surface area contributed by atoms with E-state index in [-0.39, 0.29) is 27.8 Å². The molecule has 0 spiro atoms. The van der Waals surface area contributed by atoms with Crippen LogP contribution in [0.25, 0.3) is 0 Å². The summed E-state index contributed by atoms with van der Waals surface area (Å²) in [7, 11) is -3.94. The molecule has 1 fully saturated rings. The van der Waals surface area contributed by atoms with Gasteiger partial charge in [-0.3, -0.25) is 4.72 Å². The van der Waals surface area contributed by atoms with E-state index in [0.29, 0.717) is 17.8 Å². The van der Waals surface area contributed by atoms with Gasteiger partial charge in [-0.2, -0.15) is 0 Å². The average molecular weight is 506 g/mol. The van der Waals surface area contributed by atoms with Gasteiger partial charge in [-0.25, -0.2) is 22.4 Å². The number of carbonyl (C=O) groups excluding carboxylic acids is 2.